The summed E-state index contributed by atoms with van der Waals surface area (Å²) < 4.78 is 36.3. The van der Waals surface area contributed by atoms with Crippen molar-refractivity contribution < 1.29 is 28.5 Å². The molecule has 4 atom stereocenters. The van der Waals surface area contributed by atoms with E-state index >= 15 is 0 Å². The van der Waals surface area contributed by atoms with Gasteiger partial charge in [-0.25, -0.2) is 42.8 Å². The van der Waals surface area contributed by atoms with Gasteiger partial charge < -0.3 is 82.2 Å². The summed E-state index contributed by atoms with van der Waals surface area (Å²) in [5.41, 5.74) is 30.8. The van der Waals surface area contributed by atoms with Gasteiger partial charge in [0, 0.05) is 32.7 Å². The number of hydrogen-bond donors (Lipinski definition) is 7. The number of carbonyl (C=O) groups is 1. The standard InChI is InChI=1S/C27H45N7O3.2C22H37N7O.C16H26N6O/c1-6-7-19(2)36-25-30-23(28)24-29-17-22(34(24)31-25)16-20-8-12-32(13-9-20)18-21-10-14-33(15-11-21)26(35)37-27(3,4)5;2*1-3-4-16(2)30-22-26-20(23)21-25-14-19(29(21)27-22)13-17-7-11-28(12-8-17)15-18-5-9-24-10-6-18;1-3-4-11(2)23-16-20-14(17)15-19-10-13(22(15)21-16)9-12-5-7-18-8-6-12/h17,19-21H,6-16,18H2,1-5H3,(H2,28,30,31);2*14,16-18,24H,3-13,15H2,1-2H3,(H2,23,26,27);10-12,18H,3-9H2,1-2H3,(H2,17,20,21)/t19-;2*16-;11-/m0000/s1. The van der Waals surface area contributed by atoms with Crippen molar-refractivity contribution in [2.45, 2.75) is 273 Å². The number of anilines is 4. The molecule has 0 saturated carbocycles. The minimum absolute atomic E-state index is 0.0442. The van der Waals surface area contributed by atoms with Crippen LogP contribution in [0.3, 0.4) is 0 Å². The molecule has 0 aliphatic carbocycles. The number of amides is 1. The fourth-order valence-corrected chi connectivity index (χ4v) is 18.3. The lowest BCUT2D eigenvalue weighted by Gasteiger charge is -2.38. The highest BCUT2D eigenvalue weighted by Gasteiger charge is 2.32. The molecule has 0 bridgehead atoms. The molecule has 8 aromatic heterocycles. The Kier molecular flexibility index (Phi) is 33.8. The summed E-state index contributed by atoms with van der Waals surface area (Å²) in [7, 11) is 0. The molecule has 7 fully saturated rings. The van der Waals surface area contributed by atoms with Crippen LogP contribution in [0.15, 0.2) is 24.8 Å². The van der Waals surface area contributed by atoms with Crippen molar-refractivity contribution in [1.29, 1.82) is 0 Å². The molecular formula is C87H145N27O6. The van der Waals surface area contributed by atoms with Crippen LogP contribution in [0.1, 0.15) is 240 Å². The van der Waals surface area contributed by atoms with Crippen molar-refractivity contribution in [3.63, 3.8) is 0 Å². The minimum atomic E-state index is -0.440. The summed E-state index contributed by atoms with van der Waals surface area (Å²) in [5, 5.41) is 28.6. The zero-order valence-electron chi connectivity index (χ0n) is 74.3. The maximum absolute atomic E-state index is 12.3. The van der Waals surface area contributed by atoms with Crippen molar-refractivity contribution in [2.75, 3.05) is 134 Å². The Bertz CT molecular complexity index is 4260. The number of likely N-dealkylation sites (tertiary alicyclic amines) is 4. The molecule has 8 aromatic rings. The van der Waals surface area contributed by atoms with Gasteiger partial charge in [-0.3, -0.25) is 0 Å². The van der Waals surface area contributed by atoms with Crippen molar-refractivity contribution >= 4 is 52.0 Å². The maximum Gasteiger partial charge on any atom is 0.410 e. The lowest BCUT2D eigenvalue weighted by Crippen LogP contribution is -2.44. The van der Waals surface area contributed by atoms with E-state index in [1.807, 2.05) is 91.7 Å². The predicted molar refractivity (Wildman–Crippen MR) is 470 cm³/mol. The van der Waals surface area contributed by atoms with Gasteiger partial charge in [0.25, 0.3) is 0 Å². The van der Waals surface area contributed by atoms with Crippen molar-refractivity contribution in [1.82, 2.24) is 114 Å². The van der Waals surface area contributed by atoms with E-state index in [0.717, 1.165) is 183 Å². The average molecular weight is 1670 g/mol. The Morgan fingerprint density at radius 2 is 0.608 bits per heavy atom. The van der Waals surface area contributed by atoms with E-state index in [4.69, 9.17) is 46.6 Å². The van der Waals surface area contributed by atoms with Gasteiger partial charge >= 0.3 is 30.1 Å². The number of nitrogens with two attached hydrogens (primary N) is 4. The third-order valence-electron chi connectivity index (χ3n) is 25.1. The second-order valence-corrected chi connectivity index (χ2v) is 36.5. The summed E-state index contributed by atoms with van der Waals surface area (Å²) in [4.78, 5) is 57.1. The largest absolute Gasteiger partial charge is 0.459 e. The molecule has 33 heteroatoms. The third kappa shape index (κ3) is 26.6. The molecule has 15 heterocycles. The molecule has 0 radical (unpaired) electrons. The van der Waals surface area contributed by atoms with E-state index in [2.05, 4.69) is 119 Å². The first kappa shape index (κ1) is 90.9. The summed E-state index contributed by atoms with van der Waals surface area (Å²) >= 11 is 0. The average Bonchev–Trinajstić information content (AvgIpc) is 1.90. The fraction of sp³-hybridized carbons (Fsp3) is 0.759. The van der Waals surface area contributed by atoms with Crippen molar-refractivity contribution in [3.05, 3.63) is 47.6 Å². The van der Waals surface area contributed by atoms with Gasteiger partial charge in [0.05, 0.1) is 72.0 Å². The van der Waals surface area contributed by atoms with Gasteiger partial charge in [-0.15, -0.1) is 20.4 Å². The smallest absolute Gasteiger partial charge is 0.410 e. The molecular weight excluding hydrogens is 1520 g/mol. The van der Waals surface area contributed by atoms with Crippen LogP contribution in [-0.2, 0) is 30.4 Å². The maximum atomic E-state index is 12.3. The van der Waals surface area contributed by atoms with E-state index in [9.17, 15) is 4.79 Å². The lowest BCUT2D eigenvalue weighted by molar-refractivity contribution is 0.0163. The van der Waals surface area contributed by atoms with Gasteiger partial charge in [0.15, 0.2) is 45.9 Å². The predicted octanol–water partition coefficient (Wildman–Crippen LogP) is 11.0. The van der Waals surface area contributed by atoms with Crippen LogP contribution >= 0.6 is 0 Å². The number of fused-ring (bicyclic) bond motifs is 4. The van der Waals surface area contributed by atoms with Gasteiger partial charge in [-0.05, 0) is 310 Å². The van der Waals surface area contributed by atoms with Gasteiger partial charge in [0.2, 0.25) is 0 Å². The molecule has 0 unspecified atom stereocenters. The number of carbonyl (C=O) groups excluding carboxylic acids is 1. The first-order valence-electron chi connectivity index (χ1n) is 46.0. The summed E-state index contributed by atoms with van der Waals surface area (Å²) in [5.74, 6) is 6.44. The number of nitrogen functional groups attached to an aromatic ring is 4. The Morgan fingerprint density at radius 1 is 0.375 bits per heavy atom. The summed E-state index contributed by atoms with van der Waals surface area (Å²) in [6, 6.07) is 1.34. The van der Waals surface area contributed by atoms with Crippen molar-refractivity contribution in [2.24, 2.45) is 41.4 Å². The molecule has 7 saturated heterocycles. The van der Waals surface area contributed by atoms with Crippen LogP contribution in [0.25, 0.3) is 22.6 Å². The van der Waals surface area contributed by atoms with E-state index in [-0.39, 0.29) is 30.5 Å². The highest BCUT2D eigenvalue weighted by Crippen LogP contribution is 2.32. The number of aromatic nitrogens is 16. The molecule has 1 amide bonds. The summed E-state index contributed by atoms with van der Waals surface area (Å²) in [6.45, 7) is 41.6. The molecule has 33 nitrogen and oxygen atoms in total. The number of nitrogens with zero attached hydrogens (tertiary/aromatic N) is 20. The quantitative estimate of drug-likeness (QED) is 0.0220. The highest BCUT2D eigenvalue weighted by atomic mass is 16.6. The normalized spacial score (nSPS) is 19.6. The number of nitrogens with one attached hydrogen (secondary N) is 3. The van der Waals surface area contributed by atoms with Crippen LogP contribution in [0, 0.1) is 41.4 Å². The second kappa shape index (κ2) is 44.6. The Balaban J connectivity index is 0.000000148. The molecule has 11 N–H and O–H groups in total. The zero-order chi connectivity index (χ0) is 84.7. The highest BCUT2D eigenvalue weighted by molar-refractivity contribution is 5.68. The van der Waals surface area contributed by atoms with Crippen LogP contribution in [0.4, 0.5) is 28.1 Å². The van der Waals surface area contributed by atoms with Gasteiger partial charge in [-0.2, -0.15) is 19.9 Å². The second-order valence-electron chi connectivity index (χ2n) is 36.5. The third-order valence-corrected chi connectivity index (χ3v) is 25.1. The number of hydrogen-bond acceptors (Lipinski definition) is 28. The molecule has 7 aliphatic heterocycles. The molecule has 664 valence electrons. The number of ether oxygens (including phenoxy) is 5. The van der Waals surface area contributed by atoms with E-state index in [1.165, 1.54) is 130 Å². The first-order valence-corrected chi connectivity index (χ1v) is 46.0. The SMILES string of the molecule is CCC[C@H](C)Oc1nc(N)c2ncc(CC3CCN(CC4CCN(C(=O)OC(C)(C)C)CC4)CC3)n2n1.CCC[C@H](C)Oc1nc(N)c2ncc(CC3CCN(CC4CCNCC4)CC3)n2n1.CCC[C@H](C)Oc1nc(N)c2ncc(CC3CCN(CC4CCNCC4)CC3)n2n1.CCC[C@H](C)Oc1nc(N)c2ncc(CC3CCNCC3)n2n1. The zero-order valence-corrected chi connectivity index (χ0v) is 74.3. The minimum Gasteiger partial charge on any atom is -0.459 e. The van der Waals surface area contributed by atoms with Gasteiger partial charge in [-0.1, -0.05) is 53.4 Å². The fourth-order valence-electron chi connectivity index (χ4n) is 18.3. The molecule has 7 aliphatic rings. The number of imidazole rings is 4. The Morgan fingerprint density at radius 3 is 0.858 bits per heavy atom. The molecule has 0 spiro atoms. The van der Waals surface area contributed by atoms with E-state index in [0.29, 0.717) is 99.5 Å². The van der Waals surface area contributed by atoms with Crippen LogP contribution in [0.5, 0.6) is 24.0 Å². The summed E-state index contributed by atoms with van der Waals surface area (Å²) in [6.07, 6.45) is 36.5. The molecule has 15 rings (SSSR count). The van der Waals surface area contributed by atoms with Crippen LogP contribution < -0.4 is 57.8 Å². The van der Waals surface area contributed by atoms with Crippen molar-refractivity contribution in [3.8, 4) is 24.0 Å². The topological polar surface area (TPSA) is 389 Å². The van der Waals surface area contributed by atoms with Gasteiger partial charge in [0.1, 0.15) is 5.60 Å². The molecule has 0 aromatic carbocycles. The monoisotopic (exact) mass is 1660 g/mol. The first-order chi connectivity index (χ1) is 58.0. The lowest BCUT2D eigenvalue weighted by atomic mass is 9.90. The number of piperidine rings is 7. The van der Waals surface area contributed by atoms with Crippen LogP contribution in [0.2, 0.25) is 0 Å². The van der Waals surface area contributed by atoms with E-state index < -0.39 is 5.60 Å². The molecule has 120 heavy (non-hydrogen) atoms. The Labute approximate surface area is 711 Å². The van der Waals surface area contributed by atoms with Crippen LogP contribution in [-0.4, -0.2) is 245 Å². The number of rotatable bonds is 30. The van der Waals surface area contributed by atoms with E-state index in [1.54, 1.807) is 4.52 Å². The Hall–Kier alpha value is -8.37.